The SMILES string of the molecule is CCOc1ccc(-n2c(O)c(/C=N/Nc3ccc(F)cc3)c3ccccc3c2=O)cc1. The second-order valence-corrected chi connectivity index (χ2v) is 6.73. The summed E-state index contributed by atoms with van der Waals surface area (Å²) in [6.45, 7) is 2.42. The van der Waals surface area contributed by atoms with Gasteiger partial charge < -0.3 is 9.84 Å². The van der Waals surface area contributed by atoms with Crippen LogP contribution < -0.4 is 15.7 Å². The first kappa shape index (κ1) is 20.2. The molecule has 1 heterocycles. The van der Waals surface area contributed by atoms with E-state index >= 15 is 0 Å². The molecule has 0 fully saturated rings. The fraction of sp³-hybridized carbons (Fsp3) is 0.0833. The van der Waals surface area contributed by atoms with Gasteiger partial charge in [0.1, 0.15) is 11.6 Å². The average Bonchev–Trinajstić information content (AvgIpc) is 2.79. The number of hydrogen-bond donors (Lipinski definition) is 2. The highest BCUT2D eigenvalue weighted by Gasteiger charge is 2.16. The molecule has 0 bridgehead atoms. The van der Waals surface area contributed by atoms with E-state index in [4.69, 9.17) is 4.74 Å². The number of benzene rings is 3. The highest BCUT2D eigenvalue weighted by Crippen LogP contribution is 2.26. The van der Waals surface area contributed by atoms with Crippen LogP contribution in [-0.4, -0.2) is 22.5 Å². The summed E-state index contributed by atoms with van der Waals surface area (Å²) in [5, 5.41) is 16.2. The third-order valence-electron chi connectivity index (χ3n) is 4.74. The predicted molar refractivity (Wildman–Crippen MR) is 120 cm³/mol. The third kappa shape index (κ3) is 4.11. The maximum atomic E-state index is 13.1. The lowest BCUT2D eigenvalue weighted by molar-refractivity contribution is 0.340. The fourth-order valence-corrected chi connectivity index (χ4v) is 3.28. The number of pyridine rings is 1. The van der Waals surface area contributed by atoms with Crippen molar-refractivity contribution in [2.75, 3.05) is 12.0 Å². The highest BCUT2D eigenvalue weighted by atomic mass is 19.1. The van der Waals surface area contributed by atoms with Crippen LogP contribution in [0.2, 0.25) is 0 Å². The number of hydrazone groups is 1. The minimum absolute atomic E-state index is 0.238. The Kier molecular flexibility index (Phi) is 5.66. The molecular weight excluding hydrogens is 397 g/mol. The normalized spacial score (nSPS) is 11.2. The van der Waals surface area contributed by atoms with Crippen LogP contribution in [0.4, 0.5) is 10.1 Å². The summed E-state index contributed by atoms with van der Waals surface area (Å²) in [5.41, 5.74) is 3.91. The summed E-state index contributed by atoms with van der Waals surface area (Å²) in [6, 6.07) is 19.6. The molecule has 31 heavy (non-hydrogen) atoms. The summed E-state index contributed by atoms with van der Waals surface area (Å²) in [5.74, 6) is 0.0861. The molecule has 0 aliphatic carbocycles. The fourth-order valence-electron chi connectivity index (χ4n) is 3.28. The minimum atomic E-state index is -0.347. The van der Waals surface area contributed by atoms with Crippen molar-refractivity contribution >= 4 is 22.7 Å². The van der Waals surface area contributed by atoms with Crippen LogP contribution in [0.5, 0.6) is 11.6 Å². The number of rotatable bonds is 6. The maximum Gasteiger partial charge on any atom is 0.265 e. The summed E-state index contributed by atoms with van der Waals surface area (Å²) in [6.07, 6.45) is 1.44. The van der Waals surface area contributed by atoms with Gasteiger partial charge in [-0.1, -0.05) is 18.2 Å². The van der Waals surface area contributed by atoms with Gasteiger partial charge >= 0.3 is 0 Å². The number of halogens is 1. The number of hydrogen-bond acceptors (Lipinski definition) is 5. The number of anilines is 1. The largest absolute Gasteiger partial charge is 0.494 e. The van der Waals surface area contributed by atoms with E-state index in [2.05, 4.69) is 10.5 Å². The van der Waals surface area contributed by atoms with Gasteiger partial charge in [0.15, 0.2) is 0 Å². The third-order valence-corrected chi connectivity index (χ3v) is 4.74. The Morgan fingerprint density at radius 3 is 2.39 bits per heavy atom. The molecule has 0 aliphatic rings. The predicted octanol–water partition coefficient (Wildman–Crippen LogP) is 4.68. The zero-order valence-electron chi connectivity index (χ0n) is 16.7. The van der Waals surface area contributed by atoms with E-state index in [0.29, 0.717) is 40.1 Å². The van der Waals surface area contributed by atoms with Gasteiger partial charge in [0.05, 0.1) is 29.8 Å². The van der Waals surface area contributed by atoms with Crippen molar-refractivity contribution in [3.8, 4) is 17.3 Å². The molecule has 4 rings (SSSR count). The molecule has 2 N–H and O–H groups in total. The molecule has 4 aromatic rings. The van der Waals surface area contributed by atoms with Crippen LogP contribution in [0.1, 0.15) is 12.5 Å². The molecular formula is C24H20FN3O3. The Morgan fingerprint density at radius 2 is 1.71 bits per heavy atom. The van der Waals surface area contributed by atoms with Gasteiger partial charge in [-0.25, -0.2) is 8.96 Å². The van der Waals surface area contributed by atoms with Gasteiger partial charge in [-0.3, -0.25) is 10.2 Å². The molecule has 0 atom stereocenters. The average molecular weight is 417 g/mol. The van der Waals surface area contributed by atoms with Crippen molar-refractivity contribution in [3.63, 3.8) is 0 Å². The van der Waals surface area contributed by atoms with E-state index in [1.54, 1.807) is 60.7 Å². The summed E-state index contributed by atoms with van der Waals surface area (Å²) in [4.78, 5) is 13.1. The lowest BCUT2D eigenvalue weighted by atomic mass is 10.1. The number of fused-ring (bicyclic) bond motifs is 1. The van der Waals surface area contributed by atoms with Crippen molar-refractivity contribution in [1.82, 2.24) is 4.57 Å². The van der Waals surface area contributed by atoms with Gasteiger partial charge in [0.2, 0.25) is 5.88 Å². The Labute approximate surface area is 177 Å². The van der Waals surface area contributed by atoms with E-state index in [0.717, 1.165) is 0 Å². The van der Waals surface area contributed by atoms with E-state index in [9.17, 15) is 14.3 Å². The molecule has 0 radical (unpaired) electrons. The van der Waals surface area contributed by atoms with E-state index in [-0.39, 0.29) is 17.3 Å². The standard InChI is InChI=1S/C24H20FN3O3/c1-2-31-19-13-11-18(12-14-19)28-23(29)21-6-4-3-5-20(21)22(24(28)30)15-26-27-17-9-7-16(25)8-10-17/h3-15,27,30H,2H2,1H3/b26-15+. The van der Waals surface area contributed by atoms with E-state index in [1.807, 2.05) is 6.92 Å². The smallest absolute Gasteiger partial charge is 0.265 e. The summed E-state index contributed by atoms with van der Waals surface area (Å²) < 4.78 is 19.8. The van der Waals surface area contributed by atoms with Crippen molar-refractivity contribution in [2.45, 2.75) is 6.92 Å². The van der Waals surface area contributed by atoms with Crippen molar-refractivity contribution < 1.29 is 14.2 Å². The first-order valence-corrected chi connectivity index (χ1v) is 9.73. The number of nitrogens with one attached hydrogen (secondary N) is 1. The van der Waals surface area contributed by atoms with Crippen molar-refractivity contribution in [2.24, 2.45) is 5.10 Å². The molecule has 0 amide bonds. The first-order chi connectivity index (χ1) is 15.1. The molecule has 3 aromatic carbocycles. The van der Waals surface area contributed by atoms with Gasteiger partial charge in [-0.05, 0) is 61.5 Å². The monoisotopic (exact) mass is 417 g/mol. The lowest BCUT2D eigenvalue weighted by Gasteiger charge is -2.14. The van der Waals surface area contributed by atoms with Crippen LogP contribution >= 0.6 is 0 Å². The quantitative estimate of drug-likeness (QED) is 0.353. The molecule has 0 saturated heterocycles. The number of aromatic nitrogens is 1. The Hall–Kier alpha value is -4.13. The van der Waals surface area contributed by atoms with Crippen LogP contribution in [-0.2, 0) is 0 Å². The molecule has 0 saturated carbocycles. The van der Waals surface area contributed by atoms with Crippen molar-refractivity contribution in [1.29, 1.82) is 0 Å². The molecule has 0 aliphatic heterocycles. The molecule has 0 spiro atoms. The van der Waals surface area contributed by atoms with Crippen molar-refractivity contribution in [3.05, 3.63) is 94.5 Å². The Morgan fingerprint density at radius 1 is 1.03 bits per heavy atom. The van der Waals surface area contributed by atoms with Gasteiger partial charge in [0.25, 0.3) is 5.56 Å². The van der Waals surface area contributed by atoms with Crippen LogP contribution in [0.15, 0.2) is 82.7 Å². The Bertz CT molecular complexity index is 1300. The number of ether oxygens (including phenoxy) is 1. The highest BCUT2D eigenvalue weighted by molar-refractivity contribution is 6.01. The molecule has 7 heteroatoms. The number of aromatic hydroxyl groups is 1. The molecule has 1 aromatic heterocycles. The summed E-state index contributed by atoms with van der Waals surface area (Å²) in [7, 11) is 0. The molecule has 0 unspecified atom stereocenters. The van der Waals surface area contributed by atoms with E-state index in [1.165, 1.54) is 22.9 Å². The van der Waals surface area contributed by atoms with Gasteiger partial charge in [-0.15, -0.1) is 0 Å². The van der Waals surface area contributed by atoms with Crippen LogP contribution in [0, 0.1) is 5.82 Å². The maximum absolute atomic E-state index is 13.1. The second kappa shape index (κ2) is 8.71. The lowest BCUT2D eigenvalue weighted by Crippen LogP contribution is -2.20. The number of nitrogens with zero attached hydrogens (tertiary/aromatic N) is 2. The molecule has 6 nitrogen and oxygen atoms in total. The van der Waals surface area contributed by atoms with Gasteiger partial charge in [-0.2, -0.15) is 5.10 Å². The van der Waals surface area contributed by atoms with Crippen LogP contribution in [0.25, 0.3) is 16.5 Å². The first-order valence-electron chi connectivity index (χ1n) is 9.73. The summed E-state index contributed by atoms with van der Waals surface area (Å²) >= 11 is 0. The molecule has 156 valence electrons. The zero-order chi connectivity index (χ0) is 21.8. The van der Waals surface area contributed by atoms with Gasteiger partial charge in [0, 0.05) is 10.8 Å². The topological polar surface area (TPSA) is 75.8 Å². The van der Waals surface area contributed by atoms with E-state index < -0.39 is 0 Å². The minimum Gasteiger partial charge on any atom is -0.494 e. The Balaban J connectivity index is 1.80. The van der Waals surface area contributed by atoms with Crippen LogP contribution in [0.3, 0.4) is 0 Å². The second-order valence-electron chi connectivity index (χ2n) is 6.73. The zero-order valence-corrected chi connectivity index (χ0v) is 16.7.